The Balaban J connectivity index is 1.33. The van der Waals surface area contributed by atoms with Gasteiger partial charge in [0.15, 0.2) is 6.61 Å². The molecule has 7 heteroatoms. The lowest BCUT2D eigenvalue weighted by molar-refractivity contribution is -0.148. The van der Waals surface area contributed by atoms with Crippen LogP contribution in [0.3, 0.4) is 0 Å². The van der Waals surface area contributed by atoms with Gasteiger partial charge in [-0.05, 0) is 48.9 Å². The summed E-state index contributed by atoms with van der Waals surface area (Å²) in [5, 5.41) is 2.98. The van der Waals surface area contributed by atoms with Crippen LogP contribution < -0.4 is 10.9 Å². The smallest absolute Gasteiger partial charge is 0.306 e. The van der Waals surface area contributed by atoms with Gasteiger partial charge >= 0.3 is 5.97 Å². The van der Waals surface area contributed by atoms with E-state index in [-0.39, 0.29) is 37.0 Å². The number of unbranched alkanes of at least 4 members (excludes halogenated alkanes) is 1. The summed E-state index contributed by atoms with van der Waals surface area (Å²) in [5.74, 6) is -0.838. The molecular formula is C27H31N3O4. The van der Waals surface area contributed by atoms with Gasteiger partial charge in [-0.3, -0.25) is 14.4 Å². The van der Waals surface area contributed by atoms with Gasteiger partial charge in [-0.15, -0.1) is 0 Å². The van der Waals surface area contributed by atoms with E-state index in [0.717, 1.165) is 48.7 Å². The Morgan fingerprint density at radius 2 is 1.94 bits per heavy atom. The number of ether oxygens (including phenoxy) is 1. The first-order valence-electron chi connectivity index (χ1n) is 12.1. The Morgan fingerprint density at radius 3 is 2.79 bits per heavy atom. The molecule has 1 aromatic heterocycles. The van der Waals surface area contributed by atoms with Gasteiger partial charge in [0.05, 0.1) is 23.5 Å². The molecule has 1 aliphatic rings. The van der Waals surface area contributed by atoms with Crippen LogP contribution in [0, 0.1) is 0 Å². The van der Waals surface area contributed by atoms with E-state index in [9.17, 15) is 14.4 Å². The van der Waals surface area contributed by atoms with Crippen molar-refractivity contribution in [3.8, 4) is 0 Å². The van der Waals surface area contributed by atoms with Crippen molar-refractivity contribution in [3.05, 3.63) is 75.7 Å². The average molecular weight is 462 g/mol. The van der Waals surface area contributed by atoms with E-state index in [0.29, 0.717) is 12.2 Å². The van der Waals surface area contributed by atoms with E-state index in [1.807, 2.05) is 42.5 Å². The zero-order valence-electron chi connectivity index (χ0n) is 19.6. The summed E-state index contributed by atoms with van der Waals surface area (Å²) in [4.78, 5) is 42.2. The number of aryl methyl sites for hydroxylation is 3. The number of fused-ring (bicyclic) bond motifs is 2. The van der Waals surface area contributed by atoms with Gasteiger partial charge < -0.3 is 14.6 Å². The molecule has 34 heavy (non-hydrogen) atoms. The predicted molar refractivity (Wildman–Crippen MR) is 130 cm³/mol. The summed E-state index contributed by atoms with van der Waals surface area (Å²) in [6.07, 6.45) is 4.92. The molecule has 1 amide bonds. The van der Waals surface area contributed by atoms with Gasteiger partial charge in [-0.1, -0.05) is 49.7 Å². The first-order chi connectivity index (χ1) is 16.6. The molecule has 0 saturated heterocycles. The van der Waals surface area contributed by atoms with E-state index >= 15 is 0 Å². The average Bonchev–Trinajstić information content (AvgIpc) is 2.86. The molecule has 7 nitrogen and oxygen atoms in total. The van der Waals surface area contributed by atoms with Crippen molar-refractivity contribution in [2.24, 2.45) is 0 Å². The number of amides is 1. The first kappa shape index (κ1) is 23.7. The maximum Gasteiger partial charge on any atom is 0.306 e. The molecular weight excluding hydrogens is 430 g/mol. The summed E-state index contributed by atoms with van der Waals surface area (Å²) in [5.41, 5.74) is 4.09. The quantitative estimate of drug-likeness (QED) is 0.489. The number of nitrogens with one attached hydrogen (secondary N) is 1. The van der Waals surface area contributed by atoms with Crippen LogP contribution in [-0.2, 0) is 33.7 Å². The monoisotopic (exact) mass is 461 g/mol. The van der Waals surface area contributed by atoms with Crippen LogP contribution in [0.15, 0.2) is 53.3 Å². The van der Waals surface area contributed by atoms with Crippen LogP contribution in [0.4, 0.5) is 0 Å². The number of esters is 1. The molecule has 0 spiro atoms. The fourth-order valence-corrected chi connectivity index (χ4v) is 4.52. The minimum atomic E-state index is -0.520. The number of hydrogen-bond donors (Lipinski definition) is 1. The van der Waals surface area contributed by atoms with Gasteiger partial charge in [0.25, 0.3) is 11.5 Å². The third kappa shape index (κ3) is 5.53. The van der Waals surface area contributed by atoms with Gasteiger partial charge in [0.1, 0.15) is 5.69 Å². The zero-order chi connectivity index (χ0) is 23.9. The van der Waals surface area contributed by atoms with Crippen molar-refractivity contribution in [1.82, 2.24) is 14.9 Å². The Hall–Kier alpha value is -3.48. The number of rotatable bonds is 9. The first-order valence-corrected chi connectivity index (χ1v) is 12.1. The Bertz CT molecular complexity index is 1230. The Morgan fingerprint density at radius 1 is 1.15 bits per heavy atom. The molecule has 2 aromatic carbocycles. The van der Waals surface area contributed by atoms with Crippen molar-refractivity contribution in [3.63, 3.8) is 0 Å². The predicted octanol–water partition coefficient (Wildman–Crippen LogP) is 3.87. The van der Waals surface area contributed by atoms with Crippen molar-refractivity contribution >= 4 is 22.9 Å². The molecule has 3 aromatic rings. The molecule has 4 rings (SSSR count). The molecule has 1 N–H and O–H groups in total. The summed E-state index contributed by atoms with van der Waals surface area (Å²) in [6, 6.07) is 15.6. The Labute approximate surface area is 199 Å². The SMILES string of the molecule is CCCCn1c(=O)c(CCC(=O)OCC(=O)N[C@@H]2CCCc3ccccc32)nc2ccccc21. The van der Waals surface area contributed by atoms with Crippen LogP contribution in [0.2, 0.25) is 0 Å². The number of carbonyl (C=O) groups is 2. The Kier molecular flexibility index (Phi) is 7.72. The molecule has 1 atom stereocenters. The van der Waals surface area contributed by atoms with E-state index in [1.165, 1.54) is 5.56 Å². The minimum absolute atomic E-state index is 0.00605. The maximum atomic E-state index is 13.0. The van der Waals surface area contributed by atoms with Gasteiger partial charge in [-0.25, -0.2) is 4.98 Å². The van der Waals surface area contributed by atoms with Crippen molar-refractivity contribution < 1.29 is 14.3 Å². The maximum absolute atomic E-state index is 13.0. The fraction of sp³-hybridized carbons (Fsp3) is 0.407. The highest BCUT2D eigenvalue weighted by atomic mass is 16.5. The van der Waals surface area contributed by atoms with Gasteiger partial charge in [-0.2, -0.15) is 0 Å². The molecule has 0 fully saturated rings. The fourth-order valence-electron chi connectivity index (χ4n) is 4.52. The number of para-hydroxylation sites is 2. The van der Waals surface area contributed by atoms with Crippen molar-refractivity contribution in [1.29, 1.82) is 0 Å². The molecule has 0 bridgehead atoms. The lowest BCUT2D eigenvalue weighted by Gasteiger charge is -2.26. The highest BCUT2D eigenvalue weighted by Gasteiger charge is 2.22. The van der Waals surface area contributed by atoms with Gasteiger partial charge in [0, 0.05) is 13.0 Å². The number of hydrogen-bond acceptors (Lipinski definition) is 5. The van der Waals surface area contributed by atoms with Crippen LogP contribution in [0.25, 0.3) is 11.0 Å². The normalized spacial score (nSPS) is 15.0. The second-order valence-electron chi connectivity index (χ2n) is 8.73. The third-order valence-corrected chi connectivity index (χ3v) is 6.29. The molecule has 1 aliphatic carbocycles. The summed E-state index contributed by atoms with van der Waals surface area (Å²) in [6.45, 7) is 2.36. The molecule has 1 heterocycles. The highest BCUT2D eigenvalue weighted by Crippen LogP contribution is 2.29. The molecule has 0 radical (unpaired) electrons. The summed E-state index contributed by atoms with van der Waals surface area (Å²) < 4.78 is 6.93. The summed E-state index contributed by atoms with van der Waals surface area (Å²) >= 11 is 0. The number of aromatic nitrogens is 2. The minimum Gasteiger partial charge on any atom is -0.456 e. The lowest BCUT2D eigenvalue weighted by Crippen LogP contribution is -2.34. The standard InChI is InChI=1S/C27H31N3O4/c1-2-3-17-30-24-14-7-6-12-22(24)28-23(27(30)33)15-16-26(32)34-18-25(31)29-21-13-8-10-19-9-4-5-11-20(19)21/h4-7,9,11-12,14,21H,2-3,8,10,13,15-18H2,1H3,(H,29,31)/t21-/m1/s1. The number of benzene rings is 2. The molecule has 0 saturated carbocycles. The van der Waals surface area contributed by atoms with Crippen molar-refractivity contribution in [2.75, 3.05) is 6.61 Å². The van der Waals surface area contributed by atoms with E-state index in [2.05, 4.69) is 23.3 Å². The van der Waals surface area contributed by atoms with E-state index in [1.54, 1.807) is 4.57 Å². The van der Waals surface area contributed by atoms with Crippen LogP contribution in [0.1, 0.15) is 61.9 Å². The van der Waals surface area contributed by atoms with E-state index < -0.39 is 5.97 Å². The second-order valence-corrected chi connectivity index (χ2v) is 8.73. The lowest BCUT2D eigenvalue weighted by atomic mass is 9.88. The number of nitrogens with zero attached hydrogens (tertiary/aromatic N) is 2. The molecule has 0 unspecified atom stereocenters. The van der Waals surface area contributed by atoms with Crippen molar-refractivity contribution in [2.45, 2.75) is 64.5 Å². The van der Waals surface area contributed by atoms with Crippen LogP contribution in [-0.4, -0.2) is 28.0 Å². The molecule has 0 aliphatic heterocycles. The topological polar surface area (TPSA) is 90.3 Å². The third-order valence-electron chi connectivity index (χ3n) is 6.29. The van der Waals surface area contributed by atoms with E-state index in [4.69, 9.17) is 4.74 Å². The number of carbonyl (C=O) groups excluding carboxylic acids is 2. The van der Waals surface area contributed by atoms with Crippen LogP contribution in [0.5, 0.6) is 0 Å². The largest absolute Gasteiger partial charge is 0.456 e. The molecule has 178 valence electrons. The highest BCUT2D eigenvalue weighted by molar-refractivity contribution is 5.81. The summed E-state index contributed by atoms with van der Waals surface area (Å²) in [7, 11) is 0. The van der Waals surface area contributed by atoms with Crippen LogP contribution >= 0.6 is 0 Å². The van der Waals surface area contributed by atoms with Gasteiger partial charge in [0.2, 0.25) is 0 Å². The zero-order valence-corrected chi connectivity index (χ0v) is 19.6. The second kappa shape index (κ2) is 11.1.